The number of hydrogen-bond acceptors (Lipinski definition) is 7. The number of carbonyl (C=O) groups excluding carboxylic acids is 2. The Balaban J connectivity index is 1.07. The topological polar surface area (TPSA) is 133 Å². The molecule has 7 nitrogen and oxygen atoms in total. The van der Waals surface area contributed by atoms with Crippen LogP contribution in [-0.4, -0.2) is 51.3 Å². The Hall–Kier alpha value is -3.00. The molecule has 292 valence electrons. The number of rotatable bonds is 9. The fourth-order valence-corrected chi connectivity index (χ4v) is 14.6. The summed E-state index contributed by atoms with van der Waals surface area (Å²) in [6, 6.07) is 15.4. The van der Waals surface area contributed by atoms with Gasteiger partial charge in [-0.3, -0.25) is 9.59 Å². The number of phenolic OH excluding ortho intramolecular Hbond substituents is 1. The highest BCUT2D eigenvalue weighted by Crippen LogP contribution is 2.76. The molecule has 1 heterocycles. The number of epoxide rings is 1. The summed E-state index contributed by atoms with van der Waals surface area (Å²) in [5.41, 5.74) is 9.42. The van der Waals surface area contributed by atoms with Crippen LogP contribution < -0.4 is 5.73 Å². The van der Waals surface area contributed by atoms with Gasteiger partial charge in [0, 0.05) is 35.5 Å². The van der Waals surface area contributed by atoms with E-state index in [-0.39, 0.29) is 64.5 Å². The molecular formula is C47H63NO6. The predicted octanol–water partition coefficient (Wildman–Crippen LogP) is 8.66. The van der Waals surface area contributed by atoms with Gasteiger partial charge in [0.05, 0.1) is 11.7 Å². The molecule has 5 N–H and O–H groups in total. The number of fused-ring (bicyclic) bond motifs is 5. The van der Waals surface area contributed by atoms with Gasteiger partial charge in [0.15, 0.2) is 5.78 Å². The summed E-state index contributed by atoms with van der Waals surface area (Å²) in [5, 5.41) is 33.0. The molecule has 0 spiro atoms. The van der Waals surface area contributed by atoms with Crippen molar-refractivity contribution in [2.24, 2.45) is 45.3 Å². The molecule has 4 saturated carbocycles. The number of carbonyl (C=O) groups is 2. The van der Waals surface area contributed by atoms with Gasteiger partial charge in [0.1, 0.15) is 17.6 Å². The summed E-state index contributed by atoms with van der Waals surface area (Å²) in [7, 11) is 0. The van der Waals surface area contributed by atoms with Gasteiger partial charge in [-0.05, 0) is 146 Å². The molecule has 0 aromatic heterocycles. The predicted molar refractivity (Wildman–Crippen MR) is 211 cm³/mol. The number of Topliss-reactive ketones (excluding diaryl/α,β-unsaturated/α-hetero) is 2. The van der Waals surface area contributed by atoms with Crippen LogP contribution in [0.25, 0.3) is 0 Å². The van der Waals surface area contributed by atoms with Gasteiger partial charge < -0.3 is 25.8 Å². The van der Waals surface area contributed by atoms with Gasteiger partial charge in [-0.15, -0.1) is 0 Å². The number of aliphatic hydroxyl groups is 2. The standard InChI is InChI=1S/C47H63NO6/c1-27(22-36(51)42-46(6,54-42)34-15-9-14-32(34)28-10-7-12-30(48)23-28)40-35-16-17-39-44(4)25-33(29-11-8-13-31(50)24-29)41(53)43(2,3)38(44)18-19-47(39,20-21-49)45(35,5)26-37(40)52/h7-8,10-13,23-24,27,32-34,36,38-39,42,49-51H,9,14-22,25-26,48H2,1-6H3/t27-,32-,33-,34-,36-,38+,39-,42-,44-,45+,46-,47-/m1/s1. The van der Waals surface area contributed by atoms with Crippen LogP contribution in [0.4, 0.5) is 5.69 Å². The van der Waals surface area contributed by atoms with Gasteiger partial charge in [-0.25, -0.2) is 0 Å². The number of aromatic hydroxyl groups is 1. The number of ketones is 2. The van der Waals surface area contributed by atoms with Gasteiger partial charge in [-0.1, -0.05) is 70.9 Å². The minimum absolute atomic E-state index is 0.0611. The average molecular weight is 738 g/mol. The number of nitrogens with two attached hydrogens (primary N) is 1. The van der Waals surface area contributed by atoms with Crippen LogP contribution in [0.15, 0.2) is 59.7 Å². The van der Waals surface area contributed by atoms with E-state index in [1.807, 2.05) is 24.3 Å². The fourth-order valence-electron chi connectivity index (χ4n) is 14.6. The fraction of sp³-hybridized carbons (Fsp3) is 0.660. The van der Waals surface area contributed by atoms with Gasteiger partial charge in [0.2, 0.25) is 0 Å². The lowest BCUT2D eigenvalue weighted by atomic mass is 9.34. The molecule has 0 radical (unpaired) electrons. The average Bonchev–Trinajstić information content (AvgIpc) is 3.42. The zero-order chi connectivity index (χ0) is 38.6. The lowest BCUT2D eigenvalue weighted by molar-refractivity contribution is -0.193. The second kappa shape index (κ2) is 13.0. The van der Waals surface area contributed by atoms with Gasteiger partial charge in [0.25, 0.3) is 0 Å². The molecule has 12 atom stereocenters. The third-order valence-corrected chi connectivity index (χ3v) is 16.9. The van der Waals surface area contributed by atoms with E-state index in [0.29, 0.717) is 37.5 Å². The molecule has 5 fully saturated rings. The van der Waals surface area contributed by atoms with Crippen LogP contribution in [0.2, 0.25) is 0 Å². The van der Waals surface area contributed by atoms with Crippen molar-refractivity contribution in [1.82, 2.24) is 0 Å². The van der Waals surface area contributed by atoms with Crippen molar-refractivity contribution in [3.63, 3.8) is 0 Å². The normalized spacial score (nSPS) is 40.9. The second-order valence-electron chi connectivity index (χ2n) is 19.8. The lowest BCUT2D eigenvalue weighted by Gasteiger charge is -2.69. The van der Waals surface area contributed by atoms with Crippen molar-refractivity contribution in [1.29, 1.82) is 0 Å². The molecule has 1 aliphatic heterocycles. The Kier molecular flexibility index (Phi) is 9.14. The van der Waals surface area contributed by atoms with Crippen LogP contribution in [0.3, 0.4) is 0 Å². The van der Waals surface area contributed by atoms with Crippen molar-refractivity contribution in [2.75, 3.05) is 12.3 Å². The molecule has 0 bridgehead atoms. The van der Waals surface area contributed by atoms with Crippen LogP contribution in [0.1, 0.15) is 135 Å². The summed E-state index contributed by atoms with van der Waals surface area (Å²) in [6.45, 7) is 13.3. The van der Waals surface area contributed by atoms with Crippen LogP contribution in [0.5, 0.6) is 5.75 Å². The molecule has 0 amide bonds. The first kappa shape index (κ1) is 37.9. The monoisotopic (exact) mass is 737 g/mol. The number of anilines is 1. The minimum atomic E-state index is -0.673. The van der Waals surface area contributed by atoms with E-state index in [1.54, 1.807) is 12.1 Å². The van der Waals surface area contributed by atoms with Crippen molar-refractivity contribution < 1.29 is 29.6 Å². The maximum Gasteiger partial charge on any atom is 0.159 e. The number of ether oxygens (including phenoxy) is 1. The third-order valence-electron chi connectivity index (χ3n) is 16.9. The van der Waals surface area contributed by atoms with Crippen LogP contribution in [-0.2, 0) is 14.3 Å². The molecule has 7 heteroatoms. The summed E-state index contributed by atoms with van der Waals surface area (Å²) in [4.78, 5) is 28.7. The molecule has 8 rings (SSSR count). The first-order valence-electron chi connectivity index (χ1n) is 20.9. The number of allylic oxidation sites excluding steroid dienone is 2. The Morgan fingerprint density at radius 3 is 2.41 bits per heavy atom. The maximum absolute atomic E-state index is 14.4. The molecule has 5 aliphatic carbocycles. The zero-order valence-electron chi connectivity index (χ0n) is 33.4. The number of phenols is 1. The summed E-state index contributed by atoms with van der Waals surface area (Å²) >= 11 is 0. The Morgan fingerprint density at radius 2 is 1.69 bits per heavy atom. The molecule has 0 unspecified atom stereocenters. The zero-order valence-corrected chi connectivity index (χ0v) is 33.4. The van der Waals surface area contributed by atoms with E-state index < -0.39 is 22.5 Å². The number of aliphatic hydroxyl groups excluding tert-OH is 2. The van der Waals surface area contributed by atoms with E-state index in [9.17, 15) is 24.9 Å². The van der Waals surface area contributed by atoms with Crippen molar-refractivity contribution in [3.8, 4) is 5.75 Å². The van der Waals surface area contributed by atoms with E-state index in [4.69, 9.17) is 10.5 Å². The highest BCUT2D eigenvalue weighted by Gasteiger charge is 2.70. The minimum Gasteiger partial charge on any atom is -0.508 e. The first-order valence-corrected chi connectivity index (χ1v) is 20.9. The van der Waals surface area contributed by atoms with Crippen molar-refractivity contribution in [2.45, 2.75) is 142 Å². The lowest BCUT2D eigenvalue weighted by Crippen LogP contribution is -2.64. The Bertz CT molecular complexity index is 1870. The van der Waals surface area contributed by atoms with Gasteiger partial charge in [-0.2, -0.15) is 0 Å². The largest absolute Gasteiger partial charge is 0.508 e. The number of hydrogen-bond donors (Lipinski definition) is 4. The highest BCUT2D eigenvalue weighted by atomic mass is 16.6. The first-order chi connectivity index (χ1) is 25.5. The SMILES string of the molecule is C[C@H](C[C@@H](O)[C@H]1O[C@]1(C)[C@@H]1CCC[C@@H]1c1cccc(N)c1)C1=C2CC[C@@H]3[C@]4(C)C[C@H](c5cccc(O)c5)C(=O)C(C)(C)[C@@H]4CC[C@]3(CCO)[C@@]2(C)CC1=O. The summed E-state index contributed by atoms with van der Waals surface area (Å²) < 4.78 is 6.45. The quantitative estimate of drug-likeness (QED) is 0.150. The van der Waals surface area contributed by atoms with E-state index in [1.165, 1.54) is 11.1 Å². The molecule has 54 heavy (non-hydrogen) atoms. The van der Waals surface area contributed by atoms with Crippen LogP contribution in [0, 0.1) is 45.3 Å². The highest BCUT2D eigenvalue weighted by molar-refractivity contribution is 6.00. The summed E-state index contributed by atoms with van der Waals surface area (Å²) in [6.07, 6.45) is 8.12. The maximum atomic E-state index is 14.4. The molecule has 6 aliphatic rings. The van der Waals surface area contributed by atoms with E-state index in [2.05, 4.69) is 53.7 Å². The molecular weight excluding hydrogens is 675 g/mol. The molecule has 2 aromatic carbocycles. The number of nitrogen functional groups attached to an aromatic ring is 1. The van der Waals surface area contributed by atoms with Gasteiger partial charge >= 0.3 is 0 Å². The van der Waals surface area contributed by atoms with Crippen molar-refractivity contribution in [3.05, 3.63) is 70.8 Å². The smallest absolute Gasteiger partial charge is 0.159 e. The van der Waals surface area contributed by atoms with Crippen LogP contribution >= 0.6 is 0 Å². The summed E-state index contributed by atoms with van der Waals surface area (Å²) in [5.74, 6) is 1.29. The second-order valence-corrected chi connectivity index (χ2v) is 19.8. The third kappa shape index (κ3) is 5.44. The van der Waals surface area contributed by atoms with Crippen molar-refractivity contribution >= 4 is 17.3 Å². The van der Waals surface area contributed by atoms with E-state index >= 15 is 0 Å². The number of benzene rings is 2. The Morgan fingerprint density at radius 1 is 0.944 bits per heavy atom. The molecule has 1 saturated heterocycles. The van der Waals surface area contributed by atoms with E-state index in [0.717, 1.165) is 61.8 Å². The molecule has 2 aromatic rings. The Labute approximate surface area is 322 Å².